The Morgan fingerprint density at radius 1 is 1.12 bits per heavy atom. The van der Waals surface area contributed by atoms with Gasteiger partial charge in [-0.3, -0.25) is 0 Å². The molecule has 0 atom stereocenters. The van der Waals surface area contributed by atoms with Gasteiger partial charge in [-0.05, 0) is 23.6 Å². The molecule has 0 unspecified atom stereocenters. The number of hydrogen-bond acceptors (Lipinski definition) is 6. The molecule has 1 aromatic carbocycles. The van der Waals surface area contributed by atoms with Crippen molar-refractivity contribution >= 4 is 38.1 Å². The van der Waals surface area contributed by atoms with Gasteiger partial charge in [-0.2, -0.15) is 0 Å². The first kappa shape index (κ1) is 16.8. The van der Waals surface area contributed by atoms with Crippen molar-refractivity contribution in [1.29, 1.82) is 0 Å². The van der Waals surface area contributed by atoms with Crippen LogP contribution in [0.2, 0.25) is 0 Å². The summed E-state index contributed by atoms with van der Waals surface area (Å²) in [4.78, 5) is 4.48. The minimum absolute atomic E-state index is 0.138. The number of benzene rings is 1. The minimum atomic E-state index is -3.46. The van der Waals surface area contributed by atoms with E-state index >= 15 is 0 Å². The summed E-state index contributed by atoms with van der Waals surface area (Å²) >= 11 is 1.18. The van der Waals surface area contributed by atoms with E-state index in [9.17, 15) is 13.5 Å². The van der Waals surface area contributed by atoms with Crippen LogP contribution in [-0.2, 0) is 16.6 Å². The SMILES string of the molecule is O=S(=O)(NCCNc1nc2ccccc2cc1CO)c1cccs1. The van der Waals surface area contributed by atoms with Gasteiger partial charge < -0.3 is 10.4 Å². The molecule has 0 saturated heterocycles. The van der Waals surface area contributed by atoms with Crippen molar-refractivity contribution in [3.8, 4) is 0 Å². The van der Waals surface area contributed by atoms with E-state index in [2.05, 4.69) is 15.0 Å². The number of anilines is 1. The van der Waals surface area contributed by atoms with Gasteiger partial charge in [0, 0.05) is 24.0 Å². The van der Waals surface area contributed by atoms with E-state index in [0.717, 1.165) is 10.9 Å². The van der Waals surface area contributed by atoms with E-state index in [0.29, 0.717) is 22.1 Å². The number of fused-ring (bicyclic) bond motifs is 1. The van der Waals surface area contributed by atoms with Crippen molar-refractivity contribution in [2.45, 2.75) is 10.8 Å². The highest BCUT2D eigenvalue weighted by Gasteiger charge is 2.14. The number of rotatable bonds is 7. The summed E-state index contributed by atoms with van der Waals surface area (Å²) in [5.74, 6) is 0.562. The third-order valence-electron chi connectivity index (χ3n) is 3.44. The zero-order valence-corrected chi connectivity index (χ0v) is 14.4. The Labute approximate surface area is 144 Å². The first-order valence-electron chi connectivity index (χ1n) is 7.37. The highest BCUT2D eigenvalue weighted by atomic mass is 32.2. The van der Waals surface area contributed by atoms with Crippen molar-refractivity contribution in [2.75, 3.05) is 18.4 Å². The summed E-state index contributed by atoms with van der Waals surface area (Å²) < 4.78 is 26.9. The molecule has 2 aromatic heterocycles. The maximum absolute atomic E-state index is 12.0. The Balaban J connectivity index is 1.65. The van der Waals surface area contributed by atoms with Crippen molar-refractivity contribution in [3.63, 3.8) is 0 Å². The number of para-hydroxylation sites is 1. The van der Waals surface area contributed by atoms with E-state index in [4.69, 9.17) is 0 Å². The van der Waals surface area contributed by atoms with Crippen molar-refractivity contribution in [1.82, 2.24) is 9.71 Å². The molecule has 3 rings (SSSR count). The molecule has 0 bridgehead atoms. The Hall–Kier alpha value is -2.00. The molecule has 8 heteroatoms. The lowest BCUT2D eigenvalue weighted by atomic mass is 10.1. The zero-order chi connectivity index (χ0) is 17.0. The van der Waals surface area contributed by atoms with Crippen LogP contribution in [0.15, 0.2) is 52.1 Å². The second-order valence-electron chi connectivity index (χ2n) is 5.10. The van der Waals surface area contributed by atoms with Gasteiger partial charge in [0.2, 0.25) is 10.0 Å². The van der Waals surface area contributed by atoms with Crippen LogP contribution in [0, 0.1) is 0 Å². The van der Waals surface area contributed by atoms with Crippen LogP contribution in [0.25, 0.3) is 10.9 Å². The molecule has 0 saturated carbocycles. The molecule has 0 fully saturated rings. The van der Waals surface area contributed by atoms with Gasteiger partial charge in [-0.1, -0.05) is 24.3 Å². The lowest BCUT2D eigenvalue weighted by Gasteiger charge is -2.11. The second kappa shape index (κ2) is 7.27. The summed E-state index contributed by atoms with van der Waals surface area (Å²) in [7, 11) is -3.46. The van der Waals surface area contributed by atoms with Gasteiger partial charge in [-0.25, -0.2) is 18.1 Å². The number of pyridine rings is 1. The predicted molar refractivity (Wildman–Crippen MR) is 95.7 cm³/mol. The fourth-order valence-corrected chi connectivity index (χ4v) is 4.36. The van der Waals surface area contributed by atoms with Crippen LogP contribution in [0.5, 0.6) is 0 Å². The van der Waals surface area contributed by atoms with Crippen LogP contribution in [0.1, 0.15) is 5.56 Å². The van der Waals surface area contributed by atoms with Gasteiger partial charge in [0.1, 0.15) is 10.0 Å². The maximum Gasteiger partial charge on any atom is 0.250 e. The molecule has 0 amide bonds. The fraction of sp³-hybridized carbons (Fsp3) is 0.188. The number of nitrogens with one attached hydrogen (secondary N) is 2. The summed E-state index contributed by atoms with van der Waals surface area (Å²) in [6, 6.07) is 12.8. The third-order valence-corrected chi connectivity index (χ3v) is 6.30. The van der Waals surface area contributed by atoms with Gasteiger partial charge in [-0.15, -0.1) is 11.3 Å². The largest absolute Gasteiger partial charge is 0.392 e. The Bertz CT molecular complexity index is 925. The van der Waals surface area contributed by atoms with E-state index in [1.807, 2.05) is 30.3 Å². The van der Waals surface area contributed by atoms with Crippen LogP contribution in [0.4, 0.5) is 5.82 Å². The number of aliphatic hydroxyl groups excluding tert-OH is 1. The summed E-state index contributed by atoms with van der Waals surface area (Å²) in [6.45, 7) is 0.448. The zero-order valence-electron chi connectivity index (χ0n) is 12.8. The molecular formula is C16H17N3O3S2. The predicted octanol–water partition coefficient (Wildman–Crippen LogP) is 2.18. The van der Waals surface area contributed by atoms with Crippen LogP contribution in [0.3, 0.4) is 0 Å². The number of sulfonamides is 1. The van der Waals surface area contributed by atoms with Crippen LogP contribution >= 0.6 is 11.3 Å². The molecule has 24 heavy (non-hydrogen) atoms. The minimum Gasteiger partial charge on any atom is -0.392 e. The molecule has 0 radical (unpaired) electrons. The topological polar surface area (TPSA) is 91.3 Å². The van der Waals surface area contributed by atoms with E-state index < -0.39 is 10.0 Å². The molecule has 0 aliphatic heterocycles. The fourth-order valence-electron chi connectivity index (χ4n) is 2.29. The first-order valence-corrected chi connectivity index (χ1v) is 9.73. The van der Waals surface area contributed by atoms with E-state index in [-0.39, 0.29) is 13.2 Å². The molecule has 6 nitrogen and oxygen atoms in total. The normalized spacial score (nSPS) is 11.7. The Morgan fingerprint density at radius 2 is 1.96 bits per heavy atom. The average molecular weight is 363 g/mol. The molecule has 3 aromatic rings. The summed E-state index contributed by atoms with van der Waals surface area (Å²) in [5, 5.41) is 15.2. The lowest BCUT2D eigenvalue weighted by Crippen LogP contribution is -2.28. The number of hydrogen-bond donors (Lipinski definition) is 3. The lowest BCUT2D eigenvalue weighted by molar-refractivity contribution is 0.282. The third kappa shape index (κ3) is 3.73. The molecule has 3 N–H and O–H groups in total. The van der Waals surface area contributed by atoms with Crippen molar-refractivity contribution in [3.05, 3.63) is 53.4 Å². The summed E-state index contributed by atoms with van der Waals surface area (Å²) in [6.07, 6.45) is 0. The highest BCUT2D eigenvalue weighted by molar-refractivity contribution is 7.91. The van der Waals surface area contributed by atoms with E-state index in [1.165, 1.54) is 11.3 Å². The van der Waals surface area contributed by atoms with Gasteiger partial charge in [0.05, 0.1) is 12.1 Å². The number of aliphatic hydroxyl groups is 1. The number of aromatic nitrogens is 1. The van der Waals surface area contributed by atoms with Gasteiger partial charge in [0.15, 0.2) is 0 Å². The smallest absolute Gasteiger partial charge is 0.250 e. The first-order chi connectivity index (χ1) is 11.6. The Morgan fingerprint density at radius 3 is 2.71 bits per heavy atom. The van der Waals surface area contributed by atoms with Crippen LogP contribution < -0.4 is 10.0 Å². The monoisotopic (exact) mass is 363 g/mol. The summed E-state index contributed by atoms with van der Waals surface area (Å²) in [5.41, 5.74) is 1.49. The number of nitrogens with zero attached hydrogens (tertiary/aromatic N) is 1. The Kier molecular flexibility index (Phi) is 5.10. The molecule has 0 aliphatic carbocycles. The molecular weight excluding hydrogens is 346 g/mol. The highest BCUT2D eigenvalue weighted by Crippen LogP contribution is 2.20. The molecule has 0 aliphatic rings. The maximum atomic E-state index is 12.0. The van der Waals surface area contributed by atoms with Crippen molar-refractivity contribution in [2.24, 2.45) is 0 Å². The van der Waals surface area contributed by atoms with Gasteiger partial charge >= 0.3 is 0 Å². The molecule has 0 spiro atoms. The van der Waals surface area contributed by atoms with Crippen molar-refractivity contribution < 1.29 is 13.5 Å². The standard InChI is InChI=1S/C16H17N3O3S2/c20-11-13-10-12-4-1-2-5-14(12)19-16(13)17-7-8-18-24(21,22)15-6-3-9-23-15/h1-6,9-10,18,20H,7-8,11H2,(H,17,19). The number of thiophene rings is 1. The average Bonchev–Trinajstić information content (AvgIpc) is 3.13. The quantitative estimate of drug-likeness (QED) is 0.560. The second-order valence-corrected chi connectivity index (χ2v) is 8.05. The molecule has 2 heterocycles. The van der Waals surface area contributed by atoms with Crippen LogP contribution in [-0.4, -0.2) is 31.6 Å². The van der Waals surface area contributed by atoms with E-state index in [1.54, 1.807) is 17.5 Å². The van der Waals surface area contributed by atoms with Gasteiger partial charge in [0.25, 0.3) is 0 Å². The molecule has 126 valence electrons.